The average molecular weight is 311 g/mol. The zero-order valence-electron chi connectivity index (χ0n) is 12.5. The Kier molecular flexibility index (Phi) is 4.46. The fourth-order valence-corrected chi connectivity index (χ4v) is 2.37. The third-order valence-electron chi connectivity index (χ3n) is 3.52. The van der Waals surface area contributed by atoms with Crippen LogP contribution >= 0.6 is 0 Å². The van der Waals surface area contributed by atoms with E-state index in [0.29, 0.717) is 37.4 Å². The third kappa shape index (κ3) is 3.82. The first-order valence-electron chi connectivity index (χ1n) is 7.44. The zero-order chi connectivity index (χ0) is 16.1. The van der Waals surface area contributed by atoms with Crippen LogP contribution in [0.2, 0.25) is 0 Å². The first-order chi connectivity index (χ1) is 11.2. The van der Waals surface area contributed by atoms with Crippen LogP contribution in [0.15, 0.2) is 36.7 Å². The van der Waals surface area contributed by atoms with Crippen LogP contribution in [0, 0.1) is 0 Å². The summed E-state index contributed by atoms with van der Waals surface area (Å²) in [5, 5.41) is 8.66. The molecule has 2 amide bonds. The van der Waals surface area contributed by atoms with Gasteiger partial charge in [0.25, 0.3) is 5.91 Å². The predicted molar refractivity (Wildman–Crippen MR) is 86.2 cm³/mol. The van der Waals surface area contributed by atoms with Gasteiger partial charge >= 0.3 is 0 Å². The molecule has 1 aromatic carbocycles. The van der Waals surface area contributed by atoms with E-state index in [2.05, 4.69) is 25.9 Å². The van der Waals surface area contributed by atoms with Crippen molar-refractivity contribution in [2.45, 2.75) is 12.8 Å². The molecule has 3 N–H and O–H groups in total. The fourth-order valence-electron chi connectivity index (χ4n) is 2.37. The van der Waals surface area contributed by atoms with E-state index in [4.69, 9.17) is 0 Å². The van der Waals surface area contributed by atoms with Gasteiger partial charge in [0.15, 0.2) is 0 Å². The number of hydrogen-bond acceptors (Lipinski definition) is 5. The molecule has 7 nitrogen and oxygen atoms in total. The number of nitrogens with zero attached hydrogens (tertiary/aromatic N) is 2. The molecule has 0 fully saturated rings. The zero-order valence-corrected chi connectivity index (χ0v) is 12.5. The molecular formula is C16H17N5O2. The Bertz CT molecular complexity index is 718. The molecule has 0 atom stereocenters. The number of rotatable bonds is 5. The maximum atomic E-state index is 12.1. The van der Waals surface area contributed by atoms with Crippen molar-refractivity contribution in [3.05, 3.63) is 47.8 Å². The van der Waals surface area contributed by atoms with Gasteiger partial charge in [0.05, 0.1) is 0 Å². The minimum atomic E-state index is -0.138. The lowest BCUT2D eigenvalue weighted by molar-refractivity contribution is -0.116. The molecule has 7 heteroatoms. The SMILES string of the molecule is O=C1CCc2cc(C(=O)NCCNc3ncccn3)ccc2N1. The Morgan fingerprint density at radius 1 is 1.17 bits per heavy atom. The Morgan fingerprint density at radius 2 is 2.00 bits per heavy atom. The lowest BCUT2D eigenvalue weighted by Crippen LogP contribution is -2.29. The summed E-state index contributed by atoms with van der Waals surface area (Å²) >= 11 is 0. The summed E-state index contributed by atoms with van der Waals surface area (Å²) in [6.07, 6.45) is 4.42. The highest BCUT2D eigenvalue weighted by molar-refractivity contribution is 5.97. The molecule has 1 aromatic heterocycles. The molecule has 0 aliphatic carbocycles. The van der Waals surface area contributed by atoms with Crippen LogP contribution in [0.3, 0.4) is 0 Å². The summed E-state index contributed by atoms with van der Waals surface area (Å²) in [6.45, 7) is 1.00. The number of amides is 2. The molecule has 0 unspecified atom stereocenters. The Balaban J connectivity index is 1.51. The summed E-state index contributed by atoms with van der Waals surface area (Å²) in [5.74, 6) is 0.413. The highest BCUT2D eigenvalue weighted by Gasteiger charge is 2.16. The molecule has 0 bridgehead atoms. The van der Waals surface area contributed by atoms with Gasteiger partial charge in [-0.05, 0) is 36.2 Å². The maximum absolute atomic E-state index is 12.1. The van der Waals surface area contributed by atoms with E-state index in [1.54, 1.807) is 30.6 Å². The molecular weight excluding hydrogens is 294 g/mol. The number of carbonyl (C=O) groups excluding carboxylic acids is 2. The summed E-state index contributed by atoms with van der Waals surface area (Å²) in [6, 6.07) is 7.06. The van der Waals surface area contributed by atoms with Crippen molar-refractivity contribution in [3.63, 3.8) is 0 Å². The lowest BCUT2D eigenvalue weighted by atomic mass is 10.00. The fraction of sp³-hybridized carbons (Fsp3) is 0.250. The van der Waals surface area contributed by atoms with E-state index in [1.807, 2.05) is 6.07 Å². The first-order valence-corrected chi connectivity index (χ1v) is 7.44. The summed E-state index contributed by atoms with van der Waals surface area (Å²) in [4.78, 5) is 31.6. The number of aromatic nitrogens is 2. The van der Waals surface area contributed by atoms with Gasteiger partial charge in [-0.1, -0.05) is 0 Å². The van der Waals surface area contributed by atoms with Crippen LogP contribution in [-0.2, 0) is 11.2 Å². The predicted octanol–water partition coefficient (Wildman–Crippen LogP) is 1.20. The summed E-state index contributed by atoms with van der Waals surface area (Å²) < 4.78 is 0. The molecule has 23 heavy (non-hydrogen) atoms. The minimum absolute atomic E-state index is 0.0175. The molecule has 118 valence electrons. The number of benzene rings is 1. The van der Waals surface area contributed by atoms with Gasteiger partial charge in [-0.2, -0.15) is 0 Å². The van der Waals surface area contributed by atoms with Gasteiger partial charge in [-0.25, -0.2) is 9.97 Å². The number of carbonyl (C=O) groups is 2. The highest BCUT2D eigenvalue weighted by atomic mass is 16.2. The normalized spacial score (nSPS) is 13.0. The molecule has 1 aliphatic rings. The van der Waals surface area contributed by atoms with Crippen molar-refractivity contribution in [3.8, 4) is 0 Å². The van der Waals surface area contributed by atoms with Crippen molar-refractivity contribution >= 4 is 23.5 Å². The maximum Gasteiger partial charge on any atom is 0.251 e. The molecule has 0 saturated heterocycles. The largest absolute Gasteiger partial charge is 0.352 e. The molecule has 0 saturated carbocycles. The average Bonchev–Trinajstić information content (AvgIpc) is 2.59. The van der Waals surface area contributed by atoms with Crippen molar-refractivity contribution in [2.75, 3.05) is 23.7 Å². The lowest BCUT2D eigenvalue weighted by Gasteiger charge is -2.17. The van der Waals surface area contributed by atoms with Crippen molar-refractivity contribution < 1.29 is 9.59 Å². The van der Waals surface area contributed by atoms with Gasteiger partial charge in [-0.3, -0.25) is 9.59 Å². The van der Waals surface area contributed by atoms with Crippen LogP contribution in [0.4, 0.5) is 11.6 Å². The van der Waals surface area contributed by atoms with Gasteiger partial charge in [0, 0.05) is 43.2 Å². The number of nitrogens with one attached hydrogen (secondary N) is 3. The van der Waals surface area contributed by atoms with E-state index < -0.39 is 0 Å². The van der Waals surface area contributed by atoms with Crippen LogP contribution in [0.5, 0.6) is 0 Å². The molecule has 0 spiro atoms. The Labute approximate surface area is 133 Å². The van der Waals surface area contributed by atoms with E-state index in [0.717, 1.165) is 11.3 Å². The molecule has 2 aromatic rings. The van der Waals surface area contributed by atoms with Crippen molar-refractivity contribution in [2.24, 2.45) is 0 Å². The molecule has 0 radical (unpaired) electrons. The van der Waals surface area contributed by atoms with E-state index in [-0.39, 0.29) is 11.8 Å². The number of fused-ring (bicyclic) bond motifs is 1. The van der Waals surface area contributed by atoms with Crippen LogP contribution in [-0.4, -0.2) is 34.9 Å². The molecule has 2 heterocycles. The van der Waals surface area contributed by atoms with E-state index in [9.17, 15) is 9.59 Å². The van der Waals surface area contributed by atoms with Crippen LogP contribution < -0.4 is 16.0 Å². The van der Waals surface area contributed by atoms with Gasteiger partial charge in [-0.15, -0.1) is 0 Å². The number of hydrogen-bond donors (Lipinski definition) is 3. The second-order valence-electron chi connectivity index (χ2n) is 5.18. The number of aryl methyl sites for hydroxylation is 1. The Hall–Kier alpha value is -2.96. The second-order valence-corrected chi connectivity index (χ2v) is 5.18. The van der Waals surface area contributed by atoms with Gasteiger partial charge in [0.1, 0.15) is 0 Å². The van der Waals surface area contributed by atoms with E-state index >= 15 is 0 Å². The van der Waals surface area contributed by atoms with Gasteiger partial charge in [0.2, 0.25) is 11.9 Å². The monoisotopic (exact) mass is 311 g/mol. The van der Waals surface area contributed by atoms with Crippen molar-refractivity contribution in [1.82, 2.24) is 15.3 Å². The first kappa shape index (κ1) is 15.0. The molecule has 3 rings (SSSR count). The topological polar surface area (TPSA) is 96.0 Å². The summed E-state index contributed by atoms with van der Waals surface area (Å²) in [7, 11) is 0. The highest BCUT2D eigenvalue weighted by Crippen LogP contribution is 2.23. The van der Waals surface area contributed by atoms with E-state index in [1.165, 1.54) is 0 Å². The third-order valence-corrected chi connectivity index (χ3v) is 3.52. The standard InChI is InChI=1S/C16H17N5O2/c22-14-5-3-11-10-12(2-4-13(11)21-14)15(23)17-8-9-20-16-18-6-1-7-19-16/h1-2,4,6-7,10H,3,5,8-9H2,(H,17,23)(H,21,22)(H,18,19,20). The smallest absolute Gasteiger partial charge is 0.251 e. The second kappa shape index (κ2) is 6.87. The molecule has 1 aliphatic heterocycles. The Morgan fingerprint density at radius 3 is 2.83 bits per heavy atom. The van der Waals surface area contributed by atoms with Gasteiger partial charge < -0.3 is 16.0 Å². The summed E-state index contributed by atoms with van der Waals surface area (Å²) in [5.41, 5.74) is 2.38. The van der Waals surface area contributed by atoms with Crippen LogP contribution in [0.1, 0.15) is 22.3 Å². The minimum Gasteiger partial charge on any atom is -0.352 e. The van der Waals surface area contributed by atoms with Crippen molar-refractivity contribution in [1.29, 1.82) is 0 Å². The number of anilines is 2. The van der Waals surface area contributed by atoms with Crippen LogP contribution in [0.25, 0.3) is 0 Å². The quantitative estimate of drug-likeness (QED) is 0.721.